The summed E-state index contributed by atoms with van der Waals surface area (Å²) in [5.74, 6) is 1.40. The molecule has 1 N–H and O–H groups in total. The SMILES string of the molecule is CC1=CC(C)CC(CNCCN(C(=O)OC(C)(C)C)C(C)C)C1. The molecule has 4 nitrogen and oxygen atoms in total. The fraction of sp³-hybridized carbons (Fsp3) is 0.842. The van der Waals surface area contributed by atoms with Crippen LogP contribution in [0.3, 0.4) is 0 Å². The summed E-state index contributed by atoms with van der Waals surface area (Å²) in [4.78, 5) is 14.0. The first kappa shape index (κ1) is 20.0. The van der Waals surface area contributed by atoms with Gasteiger partial charge in [-0.25, -0.2) is 4.79 Å². The molecule has 1 aliphatic rings. The molecule has 23 heavy (non-hydrogen) atoms. The molecule has 1 rings (SSSR count). The summed E-state index contributed by atoms with van der Waals surface area (Å²) >= 11 is 0. The van der Waals surface area contributed by atoms with Gasteiger partial charge < -0.3 is 15.0 Å². The molecule has 0 saturated heterocycles. The highest BCUT2D eigenvalue weighted by Crippen LogP contribution is 2.27. The Bertz CT molecular complexity index is 410. The Hall–Kier alpha value is -1.03. The third-order valence-electron chi connectivity index (χ3n) is 4.10. The van der Waals surface area contributed by atoms with Gasteiger partial charge in [-0.3, -0.25) is 0 Å². The van der Waals surface area contributed by atoms with Crippen LogP contribution in [0.1, 0.15) is 61.3 Å². The number of carbonyl (C=O) groups excluding carboxylic acids is 1. The molecule has 2 unspecified atom stereocenters. The zero-order valence-electron chi connectivity index (χ0n) is 16.1. The number of nitrogens with one attached hydrogen (secondary N) is 1. The normalized spacial score (nSPS) is 22.0. The van der Waals surface area contributed by atoms with Crippen LogP contribution < -0.4 is 5.32 Å². The predicted octanol–water partition coefficient (Wildman–Crippen LogP) is 4.21. The Morgan fingerprint density at radius 1 is 1.43 bits per heavy atom. The molecule has 1 aliphatic carbocycles. The minimum Gasteiger partial charge on any atom is -0.444 e. The molecule has 0 aliphatic heterocycles. The largest absolute Gasteiger partial charge is 0.444 e. The van der Waals surface area contributed by atoms with E-state index in [1.165, 1.54) is 18.4 Å². The molecule has 0 saturated carbocycles. The standard InChI is InChI=1S/C19H36N2O2/c1-14(2)21(18(22)23-19(5,6)7)9-8-20-13-17-11-15(3)10-16(4)12-17/h10,14-15,17,20H,8-9,11-13H2,1-7H3. The number of hydrogen-bond donors (Lipinski definition) is 1. The third kappa shape index (κ3) is 7.87. The lowest BCUT2D eigenvalue weighted by Crippen LogP contribution is -2.44. The summed E-state index contributed by atoms with van der Waals surface area (Å²) in [5, 5.41) is 3.52. The number of allylic oxidation sites excluding steroid dienone is 2. The minimum atomic E-state index is -0.445. The van der Waals surface area contributed by atoms with E-state index in [-0.39, 0.29) is 12.1 Å². The average Bonchev–Trinajstić information content (AvgIpc) is 2.34. The van der Waals surface area contributed by atoms with Crippen LogP contribution in [0.5, 0.6) is 0 Å². The van der Waals surface area contributed by atoms with Crippen molar-refractivity contribution >= 4 is 6.09 Å². The molecule has 0 aromatic heterocycles. The van der Waals surface area contributed by atoms with Crippen LogP contribution >= 0.6 is 0 Å². The maximum absolute atomic E-state index is 12.3. The van der Waals surface area contributed by atoms with Crippen molar-refractivity contribution in [3.05, 3.63) is 11.6 Å². The average molecular weight is 325 g/mol. The molecule has 0 radical (unpaired) electrons. The van der Waals surface area contributed by atoms with Crippen LogP contribution in [0.2, 0.25) is 0 Å². The van der Waals surface area contributed by atoms with Gasteiger partial charge in [-0.15, -0.1) is 0 Å². The number of nitrogens with zero attached hydrogens (tertiary/aromatic N) is 1. The van der Waals surface area contributed by atoms with Gasteiger partial charge >= 0.3 is 6.09 Å². The van der Waals surface area contributed by atoms with Gasteiger partial charge in [-0.1, -0.05) is 18.6 Å². The molecule has 1 amide bonds. The van der Waals surface area contributed by atoms with Crippen LogP contribution in [0.15, 0.2) is 11.6 Å². The van der Waals surface area contributed by atoms with E-state index < -0.39 is 5.60 Å². The van der Waals surface area contributed by atoms with E-state index in [0.29, 0.717) is 18.4 Å². The smallest absolute Gasteiger partial charge is 0.410 e. The Kier molecular flexibility index (Phi) is 7.59. The first-order chi connectivity index (χ1) is 10.6. The van der Waals surface area contributed by atoms with E-state index in [4.69, 9.17) is 4.74 Å². The monoisotopic (exact) mass is 324 g/mol. The quantitative estimate of drug-likeness (QED) is 0.588. The van der Waals surface area contributed by atoms with Crippen LogP contribution in [0.4, 0.5) is 4.79 Å². The van der Waals surface area contributed by atoms with Gasteiger partial charge in [0.15, 0.2) is 0 Å². The van der Waals surface area contributed by atoms with Crippen molar-refractivity contribution in [2.45, 2.75) is 73.0 Å². The van der Waals surface area contributed by atoms with E-state index in [9.17, 15) is 4.79 Å². The Balaban J connectivity index is 2.36. The second kappa shape index (κ2) is 8.72. The van der Waals surface area contributed by atoms with Crippen molar-refractivity contribution in [3.8, 4) is 0 Å². The molecule has 0 aromatic carbocycles. The lowest BCUT2D eigenvalue weighted by Gasteiger charge is -2.30. The van der Waals surface area contributed by atoms with E-state index >= 15 is 0 Å². The summed E-state index contributed by atoms with van der Waals surface area (Å²) in [6, 6.07) is 0.145. The van der Waals surface area contributed by atoms with E-state index in [1.807, 2.05) is 34.6 Å². The predicted molar refractivity (Wildman–Crippen MR) is 96.6 cm³/mol. The highest BCUT2D eigenvalue weighted by atomic mass is 16.6. The summed E-state index contributed by atoms with van der Waals surface area (Å²) < 4.78 is 5.49. The third-order valence-corrected chi connectivity index (χ3v) is 4.10. The first-order valence-electron chi connectivity index (χ1n) is 8.96. The van der Waals surface area contributed by atoms with Crippen LogP contribution in [-0.2, 0) is 4.74 Å². The number of amides is 1. The van der Waals surface area contributed by atoms with Gasteiger partial charge in [0.05, 0.1) is 0 Å². The Morgan fingerprint density at radius 3 is 2.61 bits per heavy atom. The van der Waals surface area contributed by atoms with Crippen molar-refractivity contribution in [2.24, 2.45) is 11.8 Å². The maximum Gasteiger partial charge on any atom is 0.410 e. The Labute approximate surface area is 142 Å². The lowest BCUT2D eigenvalue weighted by atomic mass is 9.84. The lowest BCUT2D eigenvalue weighted by molar-refractivity contribution is 0.0193. The van der Waals surface area contributed by atoms with Crippen molar-refractivity contribution < 1.29 is 9.53 Å². The zero-order valence-corrected chi connectivity index (χ0v) is 16.1. The van der Waals surface area contributed by atoms with Gasteiger partial charge in [0.25, 0.3) is 0 Å². The fourth-order valence-electron chi connectivity index (χ4n) is 3.23. The van der Waals surface area contributed by atoms with Gasteiger partial charge in [0.2, 0.25) is 0 Å². The molecule has 4 heteroatoms. The van der Waals surface area contributed by atoms with Crippen molar-refractivity contribution in [1.82, 2.24) is 10.2 Å². The number of rotatable bonds is 6. The molecular weight excluding hydrogens is 288 g/mol. The molecule has 134 valence electrons. The number of hydrogen-bond acceptors (Lipinski definition) is 3. The number of ether oxygens (including phenoxy) is 1. The summed E-state index contributed by atoms with van der Waals surface area (Å²) in [6.07, 6.45) is 4.61. The van der Waals surface area contributed by atoms with Gasteiger partial charge in [0, 0.05) is 19.1 Å². The zero-order chi connectivity index (χ0) is 17.6. The highest BCUT2D eigenvalue weighted by molar-refractivity contribution is 5.68. The fourth-order valence-corrected chi connectivity index (χ4v) is 3.23. The summed E-state index contributed by atoms with van der Waals surface area (Å²) in [5.41, 5.74) is 1.06. The molecule has 0 aromatic rings. The summed E-state index contributed by atoms with van der Waals surface area (Å²) in [7, 11) is 0. The topological polar surface area (TPSA) is 41.6 Å². The molecule has 0 fully saturated rings. The van der Waals surface area contributed by atoms with Crippen molar-refractivity contribution in [2.75, 3.05) is 19.6 Å². The van der Waals surface area contributed by atoms with Crippen LogP contribution in [0, 0.1) is 11.8 Å². The number of carbonyl (C=O) groups is 1. The molecule has 2 atom stereocenters. The maximum atomic E-state index is 12.3. The van der Waals surface area contributed by atoms with Gasteiger partial charge in [-0.2, -0.15) is 0 Å². The first-order valence-corrected chi connectivity index (χ1v) is 8.96. The van der Waals surface area contributed by atoms with Crippen LogP contribution in [-0.4, -0.2) is 42.3 Å². The van der Waals surface area contributed by atoms with Gasteiger partial charge in [0.1, 0.15) is 5.60 Å². The van der Waals surface area contributed by atoms with E-state index in [2.05, 4.69) is 25.2 Å². The van der Waals surface area contributed by atoms with Gasteiger partial charge in [-0.05, 0) is 72.8 Å². The Morgan fingerprint density at radius 2 is 2.09 bits per heavy atom. The van der Waals surface area contributed by atoms with E-state index in [1.54, 1.807) is 4.90 Å². The molecule has 0 spiro atoms. The molecule has 0 heterocycles. The van der Waals surface area contributed by atoms with Crippen LogP contribution in [0.25, 0.3) is 0 Å². The van der Waals surface area contributed by atoms with Crippen molar-refractivity contribution in [3.63, 3.8) is 0 Å². The van der Waals surface area contributed by atoms with Crippen molar-refractivity contribution in [1.29, 1.82) is 0 Å². The minimum absolute atomic E-state index is 0.145. The molecular formula is C19H36N2O2. The second-order valence-electron chi connectivity index (χ2n) is 8.27. The second-order valence-corrected chi connectivity index (χ2v) is 8.27. The van der Waals surface area contributed by atoms with E-state index in [0.717, 1.165) is 13.1 Å². The molecule has 0 bridgehead atoms. The summed E-state index contributed by atoms with van der Waals surface area (Å²) in [6.45, 7) is 16.8. The highest BCUT2D eigenvalue weighted by Gasteiger charge is 2.24.